The van der Waals surface area contributed by atoms with Gasteiger partial charge in [-0.25, -0.2) is 0 Å². The zero-order valence-electron chi connectivity index (χ0n) is 12.2. The lowest BCUT2D eigenvalue weighted by Gasteiger charge is -2.55. The third-order valence-electron chi connectivity index (χ3n) is 6.33. The first-order valence-corrected chi connectivity index (χ1v) is 8.77. The summed E-state index contributed by atoms with van der Waals surface area (Å²) in [7, 11) is 0. The summed E-state index contributed by atoms with van der Waals surface area (Å²) in [6.45, 7) is 0. The number of ether oxygens (including phenoxy) is 1. The molecular formula is C18H28O. The summed E-state index contributed by atoms with van der Waals surface area (Å²) in [5.74, 6) is 1.59. The molecule has 4 aliphatic rings. The Balaban J connectivity index is 1.69. The molecule has 1 aliphatic heterocycles. The van der Waals surface area contributed by atoms with Crippen LogP contribution in [0.3, 0.4) is 0 Å². The summed E-state index contributed by atoms with van der Waals surface area (Å²) >= 11 is 0. The Labute approximate surface area is 117 Å². The minimum atomic E-state index is 0.267. The highest BCUT2D eigenvalue weighted by molar-refractivity contribution is 5.24. The van der Waals surface area contributed by atoms with E-state index in [4.69, 9.17) is 4.74 Å². The van der Waals surface area contributed by atoms with Gasteiger partial charge in [0.1, 0.15) is 0 Å². The third kappa shape index (κ3) is 2.00. The maximum atomic E-state index is 6.85. The molecular weight excluding hydrogens is 232 g/mol. The average molecular weight is 260 g/mol. The van der Waals surface area contributed by atoms with Crippen molar-refractivity contribution in [1.29, 1.82) is 0 Å². The fraction of sp³-hybridized carbons (Fsp3) is 0.889. The van der Waals surface area contributed by atoms with Crippen molar-refractivity contribution in [2.24, 2.45) is 11.8 Å². The predicted molar refractivity (Wildman–Crippen MR) is 78.1 cm³/mol. The minimum Gasteiger partial charge on any atom is -0.371 e. The molecule has 0 aromatic rings. The second kappa shape index (κ2) is 4.91. The predicted octanol–water partition coefficient (Wildman–Crippen LogP) is 5.00. The molecule has 3 atom stereocenters. The van der Waals surface area contributed by atoms with Crippen LogP contribution in [0.1, 0.15) is 77.0 Å². The van der Waals surface area contributed by atoms with Crippen molar-refractivity contribution in [3.8, 4) is 0 Å². The summed E-state index contributed by atoms with van der Waals surface area (Å²) in [4.78, 5) is 0. The van der Waals surface area contributed by atoms with Gasteiger partial charge in [0.05, 0.1) is 11.7 Å². The van der Waals surface area contributed by atoms with E-state index in [1.165, 1.54) is 77.0 Å². The highest BCUT2D eigenvalue weighted by Crippen LogP contribution is 2.54. The second-order valence-corrected chi connectivity index (χ2v) is 7.36. The van der Waals surface area contributed by atoms with Gasteiger partial charge in [-0.3, -0.25) is 0 Å². The summed E-state index contributed by atoms with van der Waals surface area (Å²) in [6.07, 6.45) is 19.9. The lowest BCUT2D eigenvalue weighted by Crippen LogP contribution is -2.54. The van der Waals surface area contributed by atoms with E-state index in [-0.39, 0.29) is 5.60 Å². The van der Waals surface area contributed by atoms with Crippen molar-refractivity contribution in [3.63, 3.8) is 0 Å². The zero-order valence-corrected chi connectivity index (χ0v) is 12.2. The Kier molecular flexibility index (Phi) is 3.22. The fourth-order valence-corrected chi connectivity index (χ4v) is 5.50. The summed E-state index contributed by atoms with van der Waals surface area (Å²) < 4.78 is 6.85. The van der Waals surface area contributed by atoms with Crippen LogP contribution in [0, 0.1) is 11.8 Å². The van der Waals surface area contributed by atoms with Crippen LogP contribution in [0.5, 0.6) is 0 Å². The van der Waals surface area contributed by atoms with Gasteiger partial charge in [0, 0.05) is 11.8 Å². The first kappa shape index (κ1) is 12.4. The zero-order chi connectivity index (χ0) is 12.7. The van der Waals surface area contributed by atoms with Gasteiger partial charge in [-0.1, -0.05) is 43.8 Å². The van der Waals surface area contributed by atoms with E-state index in [2.05, 4.69) is 6.08 Å². The van der Waals surface area contributed by atoms with Crippen LogP contribution in [0.4, 0.5) is 0 Å². The lowest BCUT2D eigenvalue weighted by molar-refractivity contribution is -0.188. The molecule has 1 nitrogen and oxygen atoms in total. The van der Waals surface area contributed by atoms with Gasteiger partial charge in [-0.2, -0.15) is 0 Å². The molecule has 1 heteroatoms. The van der Waals surface area contributed by atoms with Crippen molar-refractivity contribution in [1.82, 2.24) is 0 Å². The molecule has 0 radical (unpaired) electrons. The normalized spacial score (nSPS) is 41.3. The van der Waals surface area contributed by atoms with Crippen molar-refractivity contribution in [3.05, 3.63) is 11.6 Å². The maximum absolute atomic E-state index is 6.85. The van der Waals surface area contributed by atoms with Crippen molar-refractivity contribution in [2.45, 2.75) is 88.8 Å². The molecule has 4 rings (SSSR count). The number of hydrogen-bond acceptors (Lipinski definition) is 1. The van der Waals surface area contributed by atoms with E-state index < -0.39 is 0 Å². The Morgan fingerprint density at radius 2 is 1.74 bits per heavy atom. The van der Waals surface area contributed by atoms with Crippen molar-refractivity contribution >= 4 is 0 Å². The van der Waals surface area contributed by atoms with Crippen LogP contribution < -0.4 is 0 Å². The molecule has 1 spiro atoms. The highest BCUT2D eigenvalue weighted by Gasteiger charge is 2.51. The smallest absolute Gasteiger partial charge is 0.0751 e. The van der Waals surface area contributed by atoms with Gasteiger partial charge in [0.25, 0.3) is 0 Å². The Hall–Kier alpha value is -0.300. The quantitative estimate of drug-likeness (QED) is 0.557. The van der Waals surface area contributed by atoms with Crippen LogP contribution >= 0.6 is 0 Å². The van der Waals surface area contributed by atoms with Crippen LogP contribution in [-0.2, 0) is 4.74 Å². The van der Waals surface area contributed by atoms with Gasteiger partial charge in [0.15, 0.2) is 0 Å². The molecule has 3 fully saturated rings. The van der Waals surface area contributed by atoms with Crippen LogP contribution in [0.25, 0.3) is 0 Å². The van der Waals surface area contributed by atoms with Crippen molar-refractivity contribution < 1.29 is 4.74 Å². The van der Waals surface area contributed by atoms with E-state index in [0.717, 1.165) is 11.8 Å². The van der Waals surface area contributed by atoms with Gasteiger partial charge in [-0.05, 0) is 44.9 Å². The lowest BCUT2D eigenvalue weighted by atomic mass is 9.61. The van der Waals surface area contributed by atoms with E-state index in [1.54, 1.807) is 0 Å². The van der Waals surface area contributed by atoms with E-state index >= 15 is 0 Å². The molecule has 0 aromatic heterocycles. The number of allylic oxidation sites excluding steroid dienone is 1. The summed E-state index contributed by atoms with van der Waals surface area (Å²) in [6, 6.07) is 0. The highest BCUT2D eigenvalue weighted by atomic mass is 16.5. The van der Waals surface area contributed by atoms with Crippen molar-refractivity contribution in [2.75, 3.05) is 0 Å². The Morgan fingerprint density at radius 1 is 0.895 bits per heavy atom. The van der Waals surface area contributed by atoms with Crippen LogP contribution in [0.15, 0.2) is 11.6 Å². The monoisotopic (exact) mass is 260 g/mol. The first-order valence-electron chi connectivity index (χ1n) is 8.77. The molecule has 0 N–H and O–H groups in total. The van der Waals surface area contributed by atoms with E-state index in [9.17, 15) is 0 Å². The molecule has 1 heterocycles. The van der Waals surface area contributed by atoms with E-state index in [1.807, 2.05) is 5.57 Å². The summed E-state index contributed by atoms with van der Waals surface area (Å²) in [5, 5.41) is 0. The van der Waals surface area contributed by atoms with Crippen LogP contribution in [-0.4, -0.2) is 11.7 Å². The second-order valence-electron chi connectivity index (χ2n) is 7.36. The maximum Gasteiger partial charge on any atom is 0.0751 e. The molecule has 1 saturated heterocycles. The fourth-order valence-electron chi connectivity index (χ4n) is 5.50. The minimum absolute atomic E-state index is 0.267. The van der Waals surface area contributed by atoms with Gasteiger partial charge in [0.2, 0.25) is 0 Å². The molecule has 19 heavy (non-hydrogen) atoms. The van der Waals surface area contributed by atoms with Crippen LogP contribution in [0.2, 0.25) is 0 Å². The first-order chi connectivity index (χ1) is 9.39. The number of fused-ring (bicyclic) bond motifs is 4. The standard InChI is InChI=1S/C18H28O/c1-6-12-18(13-7-1)16-10-4-2-8-14(16)15-9-3-5-11-17(15)19-18/h8,15-17H,1-7,9-13H2/t15-,16+,17+/m0/s1. The molecule has 0 bridgehead atoms. The molecule has 3 aliphatic carbocycles. The molecule has 106 valence electrons. The molecule has 0 unspecified atom stereocenters. The number of hydrogen-bond donors (Lipinski definition) is 0. The SMILES string of the molecule is C1=C2[C@@H](CCC1)C1(CCCCC1)O[C@@H]1CCCC[C@@H]21. The summed E-state index contributed by atoms with van der Waals surface area (Å²) in [5.41, 5.74) is 2.12. The molecule has 0 aromatic carbocycles. The number of rotatable bonds is 0. The Bertz CT molecular complexity index is 364. The third-order valence-corrected chi connectivity index (χ3v) is 6.33. The average Bonchev–Trinajstić information content (AvgIpc) is 2.49. The molecule has 0 amide bonds. The van der Waals surface area contributed by atoms with Gasteiger partial charge in [-0.15, -0.1) is 0 Å². The topological polar surface area (TPSA) is 9.23 Å². The van der Waals surface area contributed by atoms with Gasteiger partial charge >= 0.3 is 0 Å². The largest absolute Gasteiger partial charge is 0.371 e. The molecule has 2 saturated carbocycles. The Morgan fingerprint density at radius 3 is 2.63 bits per heavy atom. The van der Waals surface area contributed by atoms with Gasteiger partial charge < -0.3 is 4.74 Å². The van der Waals surface area contributed by atoms with E-state index in [0.29, 0.717) is 6.10 Å².